The van der Waals surface area contributed by atoms with Gasteiger partial charge < -0.3 is 19.7 Å². The topological polar surface area (TPSA) is 80.6 Å². The normalized spacial score (nSPS) is 13.1. The first-order valence-electron chi connectivity index (χ1n) is 11.3. The van der Waals surface area contributed by atoms with Gasteiger partial charge in [-0.2, -0.15) is 0 Å². The van der Waals surface area contributed by atoms with Crippen molar-refractivity contribution in [1.82, 2.24) is 9.88 Å². The van der Waals surface area contributed by atoms with Crippen LogP contribution in [0, 0.1) is 0 Å². The maximum Gasteiger partial charge on any atom is 0.407 e. The summed E-state index contributed by atoms with van der Waals surface area (Å²) in [6.07, 6.45) is 1.17. The minimum atomic E-state index is -1.15. The summed E-state index contributed by atoms with van der Waals surface area (Å²) in [5.74, 6) is -1.24. The summed E-state index contributed by atoms with van der Waals surface area (Å²) < 4.78 is 7.40. The van der Waals surface area contributed by atoms with E-state index in [9.17, 15) is 14.7 Å². The van der Waals surface area contributed by atoms with E-state index in [0.29, 0.717) is 5.02 Å². The standard InChI is InChI=1S/C28H23ClN2O4/c29-18-11-13-19(14-12-18)31-15-5-6-20(31)16-26(27(32)33)30-28(34)35-17-25-23-9-3-1-7-21(23)22-8-2-4-10-24(22)25/h1-15,25-26H,16-17H2,(H,30,34)(H,32,33). The molecule has 0 aliphatic heterocycles. The number of carboxylic acids is 1. The Morgan fingerprint density at radius 1 is 0.914 bits per heavy atom. The highest BCUT2D eigenvalue weighted by Gasteiger charge is 2.30. The number of carboxylic acid groups (broad SMARTS) is 1. The number of ether oxygens (including phenoxy) is 1. The third kappa shape index (κ3) is 4.66. The molecule has 6 nitrogen and oxygen atoms in total. The fourth-order valence-electron chi connectivity index (χ4n) is 4.63. The lowest BCUT2D eigenvalue weighted by Gasteiger charge is -2.18. The Balaban J connectivity index is 1.27. The number of hydrogen-bond acceptors (Lipinski definition) is 3. The van der Waals surface area contributed by atoms with Crippen LogP contribution in [-0.4, -0.2) is 34.4 Å². The summed E-state index contributed by atoms with van der Waals surface area (Å²) in [6.45, 7) is 0.118. The number of halogens is 1. The minimum absolute atomic E-state index is 0.0924. The van der Waals surface area contributed by atoms with Crippen LogP contribution < -0.4 is 5.32 Å². The molecule has 0 saturated heterocycles. The van der Waals surface area contributed by atoms with Crippen molar-refractivity contribution in [1.29, 1.82) is 0 Å². The van der Waals surface area contributed by atoms with Crippen molar-refractivity contribution in [3.8, 4) is 16.8 Å². The summed E-state index contributed by atoms with van der Waals surface area (Å²) in [5.41, 5.74) is 6.03. The van der Waals surface area contributed by atoms with E-state index in [1.807, 2.05) is 71.4 Å². The molecule has 1 aliphatic rings. The van der Waals surface area contributed by atoms with Gasteiger partial charge in [-0.15, -0.1) is 0 Å². The predicted molar refractivity (Wildman–Crippen MR) is 134 cm³/mol. The van der Waals surface area contributed by atoms with Crippen molar-refractivity contribution in [3.63, 3.8) is 0 Å². The highest BCUT2D eigenvalue weighted by Crippen LogP contribution is 2.44. The molecule has 35 heavy (non-hydrogen) atoms. The molecule has 1 heterocycles. The Bertz CT molecular complexity index is 1330. The first kappa shape index (κ1) is 22.7. The van der Waals surface area contributed by atoms with Crippen LogP contribution >= 0.6 is 11.6 Å². The molecule has 1 unspecified atom stereocenters. The van der Waals surface area contributed by atoms with Gasteiger partial charge in [-0.1, -0.05) is 60.1 Å². The van der Waals surface area contributed by atoms with Crippen molar-refractivity contribution < 1.29 is 19.4 Å². The average molecular weight is 487 g/mol. The third-order valence-corrected chi connectivity index (χ3v) is 6.54. The van der Waals surface area contributed by atoms with E-state index < -0.39 is 18.1 Å². The molecule has 0 spiro atoms. The second-order valence-corrected chi connectivity index (χ2v) is 8.85. The minimum Gasteiger partial charge on any atom is -0.480 e. The summed E-state index contributed by atoms with van der Waals surface area (Å²) in [7, 11) is 0. The Kier molecular flexibility index (Phi) is 6.29. The number of alkyl carbamates (subject to hydrolysis) is 1. The van der Waals surface area contributed by atoms with Crippen LogP contribution in [0.5, 0.6) is 0 Å². The second-order valence-electron chi connectivity index (χ2n) is 8.41. The molecular weight excluding hydrogens is 464 g/mol. The summed E-state index contributed by atoms with van der Waals surface area (Å²) >= 11 is 5.98. The first-order chi connectivity index (χ1) is 17.0. The van der Waals surface area contributed by atoms with Gasteiger partial charge in [0.25, 0.3) is 0 Å². The van der Waals surface area contributed by atoms with Crippen LogP contribution in [0.15, 0.2) is 91.1 Å². The van der Waals surface area contributed by atoms with Crippen LogP contribution in [0.2, 0.25) is 5.02 Å². The Labute approximate surface area is 207 Å². The van der Waals surface area contributed by atoms with Crippen LogP contribution in [0.3, 0.4) is 0 Å². The molecule has 0 saturated carbocycles. The molecule has 3 aromatic carbocycles. The number of aromatic nitrogens is 1. The molecule has 4 aromatic rings. The molecule has 1 aromatic heterocycles. The van der Waals surface area contributed by atoms with Gasteiger partial charge in [0, 0.05) is 34.9 Å². The number of fused-ring (bicyclic) bond motifs is 3. The summed E-state index contributed by atoms with van der Waals surface area (Å²) in [4.78, 5) is 24.6. The maximum atomic E-state index is 12.6. The van der Waals surface area contributed by atoms with Gasteiger partial charge in [0.2, 0.25) is 0 Å². The van der Waals surface area contributed by atoms with Crippen LogP contribution in [0.1, 0.15) is 22.7 Å². The maximum absolute atomic E-state index is 12.6. The number of carbonyl (C=O) groups excluding carboxylic acids is 1. The highest BCUT2D eigenvalue weighted by molar-refractivity contribution is 6.30. The van der Waals surface area contributed by atoms with E-state index in [2.05, 4.69) is 17.4 Å². The zero-order chi connectivity index (χ0) is 24.4. The monoisotopic (exact) mass is 486 g/mol. The number of nitrogens with zero attached hydrogens (tertiary/aromatic N) is 1. The molecule has 0 fully saturated rings. The summed E-state index contributed by atoms with van der Waals surface area (Å²) in [6, 6.07) is 25.8. The largest absolute Gasteiger partial charge is 0.480 e. The van der Waals surface area contributed by atoms with Gasteiger partial charge >= 0.3 is 12.1 Å². The third-order valence-electron chi connectivity index (χ3n) is 6.29. The molecule has 2 N–H and O–H groups in total. The summed E-state index contributed by atoms with van der Waals surface area (Å²) in [5, 5.41) is 12.9. The lowest BCUT2D eigenvalue weighted by atomic mass is 9.98. The zero-order valence-corrected chi connectivity index (χ0v) is 19.5. The van der Waals surface area contributed by atoms with Crippen molar-refractivity contribution in [2.24, 2.45) is 0 Å². The number of benzene rings is 3. The van der Waals surface area contributed by atoms with Gasteiger partial charge in [-0.25, -0.2) is 9.59 Å². The SMILES string of the molecule is O=C(NC(Cc1cccn1-c1ccc(Cl)cc1)C(=O)O)OCC1c2ccccc2-c2ccccc21. The number of aliphatic carboxylic acids is 1. The fraction of sp³-hybridized carbons (Fsp3) is 0.143. The molecule has 0 radical (unpaired) electrons. The van der Waals surface area contributed by atoms with E-state index in [4.69, 9.17) is 16.3 Å². The van der Waals surface area contributed by atoms with Gasteiger partial charge in [0.1, 0.15) is 12.6 Å². The first-order valence-corrected chi connectivity index (χ1v) is 11.7. The Morgan fingerprint density at radius 2 is 1.54 bits per heavy atom. The smallest absolute Gasteiger partial charge is 0.407 e. The molecular formula is C28H23ClN2O4. The van der Waals surface area contributed by atoms with Crippen LogP contribution in [-0.2, 0) is 16.0 Å². The van der Waals surface area contributed by atoms with Crippen molar-refractivity contribution in [2.75, 3.05) is 6.61 Å². The van der Waals surface area contributed by atoms with E-state index in [1.54, 1.807) is 12.1 Å². The van der Waals surface area contributed by atoms with Gasteiger partial charge in [0.05, 0.1) is 0 Å². The molecule has 176 valence electrons. The Hall–Kier alpha value is -4.03. The van der Waals surface area contributed by atoms with E-state index >= 15 is 0 Å². The highest BCUT2D eigenvalue weighted by atomic mass is 35.5. The van der Waals surface area contributed by atoms with E-state index in [0.717, 1.165) is 33.6 Å². The average Bonchev–Trinajstić information content (AvgIpc) is 3.45. The van der Waals surface area contributed by atoms with Gasteiger partial charge in [-0.05, 0) is 58.7 Å². The quantitative estimate of drug-likeness (QED) is 0.353. The number of hydrogen-bond donors (Lipinski definition) is 2. The molecule has 5 rings (SSSR count). The number of amides is 1. The predicted octanol–water partition coefficient (Wildman–Crippen LogP) is 5.67. The van der Waals surface area contributed by atoms with Crippen molar-refractivity contribution in [3.05, 3.63) is 113 Å². The van der Waals surface area contributed by atoms with Gasteiger partial charge in [0.15, 0.2) is 0 Å². The van der Waals surface area contributed by atoms with Gasteiger partial charge in [-0.3, -0.25) is 0 Å². The second kappa shape index (κ2) is 9.68. The number of nitrogens with one attached hydrogen (secondary N) is 1. The van der Waals surface area contributed by atoms with E-state index in [1.165, 1.54) is 0 Å². The number of rotatable bonds is 7. The van der Waals surface area contributed by atoms with Crippen molar-refractivity contribution >= 4 is 23.7 Å². The zero-order valence-electron chi connectivity index (χ0n) is 18.7. The van der Waals surface area contributed by atoms with Crippen molar-refractivity contribution in [2.45, 2.75) is 18.4 Å². The molecule has 1 amide bonds. The number of carbonyl (C=O) groups is 2. The van der Waals surface area contributed by atoms with E-state index in [-0.39, 0.29) is 18.9 Å². The lowest BCUT2D eigenvalue weighted by Crippen LogP contribution is -2.43. The molecule has 7 heteroatoms. The fourth-order valence-corrected chi connectivity index (χ4v) is 4.75. The van der Waals surface area contributed by atoms with Crippen LogP contribution in [0.25, 0.3) is 16.8 Å². The molecule has 1 atom stereocenters. The lowest BCUT2D eigenvalue weighted by molar-refractivity contribution is -0.139. The molecule has 1 aliphatic carbocycles. The molecule has 0 bridgehead atoms. The van der Waals surface area contributed by atoms with Crippen LogP contribution in [0.4, 0.5) is 4.79 Å². The Morgan fingerprint density at radius 3 is 2.17 bits per heavy atom.